The van der Waals surface area contributed by atoms with Gasteiger partial charge in [-0.1, -0.05) is 69.6 Å². The van der Waals surface area contributed by atoms with Crippen molar-refractivity contribution in [3.8, 4) is 0 Å². The van der Waals surface area contributed by atoms with Crippen LogP contribution in [0.4, 0.5) is 11.4 Å². The molecule has 0 unspecified atom stereocenters. The molecule has 8 rings (SSSR count). The Morgan fingerprint density at radius 3 is 1.60 bits per heavy atom. The Kier molecular flexibility index (Phi) is 8.75. The van der Waals surface area contributed by atoms with Crippen molar-refractivity contribution < 1.29 is 9.59 Å². The normalized spacial score (nSPS) is 18.7. The highest BCUT2D eigenvalue weighted by Gasteiger charge is 2.38. The van der Waals surface area contributed by atoms with Crippen molar-refractivity contribution in [2.45, 2.75) is 93.2 Å². The largest absolute Gasteiger partial charge is 0.339 e. The number of hydrogen-bond acceptors (Lipinski definition) is 2. The smallest absolute Gasteiger partial charge is 0.274 e. The number of nitrogens with zero attached hydrogens (tertiary/aromatic N) is 4. The second kappa shape index (κ2) is 12.5. The molecule has 0 radical (unpaired) electrons. The van der Waals surface area contributed by atoms with Crippen LogP contribution in [-0.4, -0.2) is 34.0 Å². The summed E-state index contributed by atoms with van der Waals surface area (Å²) in [5.74, 6) is 0.298. The lowest BCUT2D eigenvalue weighted by molar-refractivity contribution is 0.0956. The number of rotatable bonds is 4. The zero-order chi connectivity index (χ0) is 34.1. The van der Waals surface area contributed by atoms with Gasteiger partial charge in [-0.05, 0) is 131 Å². The maximum Gasteiger partial charge on any atom is 0.274 e. The first-order valence-electron chi connectivity index (χ1n) is 17.4. The average Bonchev–Trinajstić information content (AvgIpc) is 3.73. The van der Waals surface area contributed by atoms with E-state index in [2.05, 4.69) is 132 Å². The van der Waals surface area contributed by atoms with Gasteiger partial charge in [0.2, 0.25) is 0 Å². The number of hydrogen-bond donors (Lipinski definition) is 0. The van der Waals surface area contributed by atoms with E-state index in [9.17, 15) is 9.59 Å². The zero-order valence-electron chi connectivity index (χ0n) is 29.1. The molecular formula is C40H46BrIN4O2. The van der Waals surface area contributed by atoms with Crippen molar-refractivity contribution in [2.24, 2.45) is 10.8 Å². The van der Waals surface area contributed by atoms with Crippen molar-refractivity contribution in [3.05, 3.63) is 102 Å². The van der Waals surface area contributed by atoms with E-state index in [0.717, 1.165) is 91.9 Å². The monoisotopic (exact) mass is 820 g/mol. The van der Waals surface area contributed by atoms with Crippen LogP contribution >= 0.6 is 38.5 Å². The predicted molar refractivity (Wildman–Crippen MR) is 207 cm³/mol. The number of benzene rings is 2. The Bertz CT molecular complexity index is 1810. The van der Waals surface area contributed by atoms with Crippen molar-refractivity contribution in [3.63, 3.8) is 0 Å². The Morgan fingerprint density at radius 2 is 1.12 bits per heavy atom. The van der Waals surface area contributed by atoms with Crippen LogP contribution in [0.5, 0.6) is 0 Å². The summed E-state index contributed by atoms with van der Waals surface area (Å²) in [6, 6.07) is 16.7. The topological polar surface area (TPSA) is 50.5 Å². The fraction of sp³-hybridized carbons (Fsp3) is 0.450. The first-order chi connectivity index (χ1) is 22.8. The number of fused-ring (bicyclic) bond motifs is 6. The van der Waals surface area contributed by atoms with Crippen LogP contribution in [0.25, 0.3) is 0 Å². The highest BCUT2D eigenvalue weighted by molar-refractivity contribution is 14.1. The molecule has 0 N–H and O–H groups in total. The molecule has 0 fully saturated rings. The van der Waals surface area contributed by atoms with Gasteiger partial charge in [-0.2, -0.15) is 0 Å². The fourth-order valence-electron chi connectivity index (χ4n) is 8.58. The number of halogens is 2. The summed E-state index contributed by atoms with van der Waals surface area (Å²) >= 11 is 6.01. The predicted octanol–water partition coefficient (Wildman–Crippen LogP) is 9.04. The van der Waals surface area contributed by atoms with E-state index in [1.165, 1.54) is 37.2 Å². The first kappa shape index (κ1) is 33.6. The molecule has 2 aliphatic heterocycles. The second-order valence-corrected chi connectivity index (χ2v) is 17.5. The molecule has 8 heteroatoms. The Balaban J connectivity index is 0.000000152. The number of anilines is 2. The first-order valence-corrected chi connectivity index (χ1v) is 19.3. The third kappa shape index (κ3) is 5.78. The van der Waals surface area contributed by atoms with E-state index in [-0.39, 0.29) is 11.8 Å². The Hall–Kier alpha value is -2.85. The summed E-state index contributed by atoms with van der Waals surface area (Å²) in [6.45, 7) is 16.9. The molecule has 0 atom stereocenters. The van der Waals surface area contributed by atoms with Gasteiger partial charge in [0.1, 0.15) is 11.4 Å². The van der Waals surface area contributed by atoms with E-state index in [4.69, 9.17) is 0 Å². The summed E-state index contributed by atoms with van der Waals surface area (Å²) in [5, 5.41) is 0. The van der Waals surface area contributed by atoms with E-state index in [0.29, 0.717) is 10.8 Å². The van der Waals surface area contributed by atoms with Gasteiger partial charge >= 0.3 is 0 Å². The van der Waals surface area contributed by atoms with E-state index in [1.54, 1.807) is 0 Å². The van der Waals surface area contributed by atoms with Gasteiger partial charge in [0.05, 0.1) is 0 Å². The molecule has 0 spiro atoms. The highest BCUT2D eigenvalue weighted by atomic mass is 127. The lowest BCUT2D eigenvalue weighted by Crippen LogP contribution is -2.41. The van der Waals surface area contributed by atoms with Crippen LogP contribution < -0.4 is 9.80 Å². The van der Waals surface area contributed by atoms with Crippen molar-refractivity contribution in [2.75, 3.05) is 22.9 Å². The summed E-state index contributed by atoms with van der Waals surface area (Å²) < 4.78 is 6.88. The van der Waals surface area contributed by atoms with Gasteiger partial charge in [-0.15, -0.1) is 0 Å². The van der Waals surface area contributed by atoms with Crippen LogP contribution in [0.3, 0.4) is 0 Å². The fourth-order valence-corrected chi connectivity index (χ4v) is 10.1. The molecule has 4 aromatic rings. The average molecular weight is 822 g/mol. The third-order valence-corrected chi connectivity index (χ3v) is 12.5. The molecule has 4 aliphatic rings. The van der Waals surface area contributed by atoms with Crippen molar-refractivity contribution in [1.29, 1.82) is 0 Å². The molecule has 252 valence electrons. The molecule has 48 heavy (non-hydrogen) atoms. The van der Waals surface area contributed by atoms with Gasteiger partial charge in [-0.25, -0.2) is 0 Å². The molecule has 2 aromatic heterocycles. The molecule has 0 saturated heterocycles. The lowest BCUT2D eigenvalue weighted by Gasteiger charge is -2.31. The molecule has 4 heterocycles. The van der Waals surface area contributed by atoms with E-state index < -0.39 is 0 Å². The van der Waals surface area contributed by atoms with Gasteiger partial charge in [-0.3, -0.25) is 9.59 Å². The van der Waals surface area contributed by atoms with Crippen LogP contribution in [-0.2, 0) is 51.6 Å². The maximum atomic E-state index is 13.2. The van der Waals surface area contributed by atoms with Crippen LogP contribution in [0.2, 0.25) is 0 Å². The molecule has 2 aliphatic carbocycles. The standard InChI is InChI=1S/C20H23BrN2O.C20H23IN2O/c2*1-4-14-15(21)6-5-7-16(14)23-9-8-22-17(19(23)24)10-13-11-20(2,3)12-18(13)22/h2*5-7,10H,4,8-9,11-12H2,1-3H3. The van der Waals surface area contributed by atoms with Crippen LogP contribution in [0.15, 0.2) is 53.0 Å². The second-order valence-electron chi connectivity index (χ2n) is 15.4. The third-order valence-electron chi connectivity index (χ3n) is 10.7. The summed E-state index contributed by atoms with van der Waals surface area (Å²) in [7, 11) is 0. The molecule has 6 nitrogen and oxygen atoms in total. The molecule has 0 saturated carbocycles. The summed E-state index contributed by atoms with van der Waals surface area (Å²) in [5.41, 5.74) is 12.5. The van der Waals surface area contributed by atoms with Crippen LogP contribution in [0, 0.1) is 14.4 Å². The number of carbonyl (C=O) groups is 2. The van der Waals surface area contributed by atoms with Gasteiger partial charge in [0.15, 0.2) is 0 Å². The number of carbonyl (C=O) groups excluding carboxylic acids is 2. The quantitative estimate of drug-likeness (QED) is 0.193. The zero-order valence-corrected chi connectivity index (χ0v) is 32.8. The number of amides is 2. The molecule has 2 aromatic carbocycles. The van der Waals surface area contributed by atoms with Crippen molar-refractivity contribution >= 4 is 61.7 Å². The van der Waals surface area contributed by atoms with E-state index >= 15 is 0 Å². The molecular weight excluding hydrogens is 775 g/mol. The van der Waals surface area contributed by atoms with Crippen molar-refractivity contribution in [1.82, 2.24) is 9.13 Å². The minimum absolute atomic E-state index is 0.140. The SMILES string of the molecule is CCc1c(Br)cccc1N1CCn2c(cc3c2CC(C)(C)C3)C1=O.CCc1c(I)cccc1N1CCn2c(cc3c2CC(C)(C)C3)C1=O. The summed E-state index contributed by atoms with van der Waals surface area (Å²) in [4.78, 5) is 30.3. The Morgan fingerprint density at radius 1 is 0.667 bits per heavy atom. The minimum Gasteiger partial charge on any atom is -0.339 e. The number of aromatic nitrogens is 2. The minimum atomic E-state index is 0.140. The summed E-state index contributed by atoms with van der Waals surface area (Å²) in [6.07, 6.45) is 6.17. The molecule has 0 bridgehead atoms. The molecule has 2 amide bonds. The Labute approximate surface area is 307 Å². The van der Waals surface area contributed by atoms with Gasteiger partial charge in [0.25, 0.3) is 11.8 Å². The van der Waals surface area contributed by atoms with Gasteiger partial charge < -0.3 is 18.9 Å². The van der Waals surface area contributed by atoms with Gasteiger partial charge in [0, 0.05) is 57.0 Å². The highest BCUT2D eigenvalue weighted by Crippen LogP contribution is 2.41. The van der Waals surface area contributed by atoms with E-state index in [1.807, 2.05) is 15.9 Å². The lowest BCUT2D eigenvalue weighted by atomic mass is 9.90. The van der Waals surface area contributed by atoms with Crippen LogP contribution in [0.1, 0.15) is 96.2 Å². The maximum absolute atomic E-state index is 13.2.